The van der Waals surface area contributed by atoms with Crippen LogP contribution in [0, 0.1) is 5.92 Å². The van der Waals surface area contributed by atoms with Crippen molar-refractivity contribution in [3.05, 3.63) is 155 Å². The van der Waals surface area contributed by atoms with Gasteiger partial charge in [-0.3, -0.25) is 34.8 Å². The molecule has 592 valence electrons. The van der Waals surface area contributed by atoms with E-state index in [-0.39, 0.29) is 115 Å². The Kier molecular flexibility index (Phi) is 30.1. The summed E-state index contributed by atoms with van der Waals surface area (Å²) in [6.45, 7) is 10.2. The first-order valence-corrected chi connectivity index (χ1v) is 40.7. The number of rotatable bonds is 22. The molecule has 4 aromatic carbocycles. The maximum absolute atomic E-state index is 13.2. The predicted octanol–water partition coefficient (Wildman–Crippen LogP) is 8.75. The molecule has 1 saturated heterocycles. The van der Waals surface area contributed by atoms with E-state index in [1.165, 1.54) is 73.2 Å². The van der Waals surface area contributed by atoms with Crippen molar-refractivity contribution in [3.8, 4) is 45.4 Å². The number of nitrogen functional groups attached to an aromatic ring is 5. The number of Topliss-reactive ketones (excluding diaryl/α,β-unsaturated/α-hetero) is 1. The van der Waals surface area contributed by atoms with Crippen molar-refractivity contribution < 1.29 is 67.9 Å². The van der Waals surface area contributed by atoms with Crippen LogP contribution in [0.4, 0.5) is 34.1 Å². The van der Waals surface area contributed by atoms with Crippen LogP contribution in [0.15, 0.2) is 152 Å². The molecule has 2 aliphatic rings. The number of esters is 1. The number of hydrazine groups is 1. The Hall–Kier alpha value is -11.3. The van der Waals surface area contributed by atoms with Gasteiger partial charge in [0.2, 0.25) is 5.91 Å². The quantitative estimate of drug-likeness (QED) is 0.0103. The zero-order chi connectivity index (χ0) is 81.8. The standard InChI is InChI=1S/C31H35N5O6S2.C22H26N6O4S.C14H17N5O3S.C6H6BrN3O2/c1-20(2)44(40,41)24-13-11-22(12-14-24)25-18-33-29(32)28(35-25)30(38)34-17-23(43)16-27(37)26-10-6-7-15-36(26)31(39)42-19-21-8-4-3-5-9-21;1-13(2)33(30,31)16-10-8-14(9-11-16)17-12-24-19(23)18(25-17)21-27-28-22(32-21)26-20(29)15-6-4-3-5-7-15;1-8(2)23(21,22)10-5-3-9(4-6-10)11-7-17-13(15)12(18-11)14(20)19-16;1-12-6(11)4-5(8)9-2-3(7)10-4/h3-5,8-9,11-14,18,20,26H,6-7,10,15-17,19H2,1-2H3,(H2,32,33)(H,34,38);8-13,15H,3-7H2,1-2H3,(H2,23,24)(H,26,28,29);3-8H,16H2,1-2H3,(H2,15,17)(H,19,20);2H,1H3,(H2,8,9)/t26-;;;/m0.../s1. The van der Waals surface area contributed by atoms with Crippen LogP contribution < -0.4 is 44.8 Å². The lowest BCUT2D eigenvalue weighted by molar-refractivity contribution is -0.123. The van der Waals surface area contributed by atoms with Crippen LogP contribution in [0.2, 0.25) is 0 Å². The molecule has 9 aromatic rings. The number of anilines is 5. The number of piperidine rings is 1. The number of methoxy groups -OCH3 is 1. The lowest BCUT2D eigenvalue weighted by Gasteiger charge is -2.34. The minimum absolute atomic E-state index is 0.0181. The maximum atomic E-state index is 13.2. The maximum Gasteiger partial charge on any atom is 0.410 e. The fourth-order valence-electron chi connectivity index (χ4n) is 10.9. The summed E-state index contributed by atoms with van der Waals surface area (Å²) in [4.78, 5) is 109. The first-order valence-electron chi connectivity index (χ1n) is 34.9. The number of hydrogen-bond acceptors (Lipinski definition) is 31. The van der Waals surface area contributed by atoms with Gasteiger partial charge in [0.1, 0.15) is 11.2 Å². The van der Waals surface area contributed by atoms with E-state index in [9.17, 15) is 54.0 Å². The van der Waals surface area contributed by atoms with Crippen molar-refractivity contribution in [2.75, 3.05) is 48.5 Å². The molecule has 6 heterocycles. The topological polar surface area (TPSA) is 535 Å². The van der Waals surface area contributed by atoms with Gasteiger partial charge in [0.05, 0.1) is 85.5 Å². The molecule has 0 bridgehead atoms. The van der Waals surface area contributed by atoms with E-state index < -0.39 is 75.2 Å². The molecule has 5 aromatic heterocycles. The third-order valence-electron chi connectivity index (χ3n) is 17.4. The van der Waals surface area contributed by atoms with Crippen LogP contribution >= 0.6 is 28.1 Å². The largest absolute Gasteiger partial charge is 0.464 e. The Morgan fingerprint density at radius 1 is 0.580 bits per heavy atom. The molecule has 34 nitrogen and oxygen atoms in total. The number of halogens is 1. The number of carbonyl (C=O) groups is 6. The Bertz CT molecular complexity index is 5240. The highest BCUT2D eigenvalue weighted by Crippen LogP contribution is 2.31. The number of nitrogens with one attached hydrogen (secondary N) is 3. The van der Waals surface area contributed by atoms with E-state index in [1.54, 1.807) is 77.9 Å². The number of thiocarbonyl (C=S) groups is 1. The molecule has 1 atom stereocenters. The summed E-state index contributed by atoms with van der Waals surface area (Å²) >= 11 is 8.45. The summed E-state index contributed by atoms with van der Waals surface area (Å²) in [5.74, 6) is 2.82. The van der Waals surface area contributed by atoms with Crippen LogP contribution in [0.1, 0.15) is 136 Å². The molecular weight excluding hydrogens is 1590 g/mol. The molecule has 2 fully saturated rings. The van der Waals surface area contributed by atoms with Gasteiger partial charge in [-0.05, 0) is 132 Å². The van der Waals surface area contributed by atoms with E-state index in [1.807, 2.05) is 35.8 Å². The van der Waals surface area contributed by atoms with Crippen molar-refractivity contribution in [2.45, 2.75) is 142 Å². The molecule has 0 spiro atoms. The van der Waals surface area contributed by atoms with Crippen LogP contribution in [-0.2, 0) is 55.2 Å². The molecule has 1 saturated carbocycles. The Morgan fingerprint density at radius 3 is 1.54 bits per heavy atom. The highest BCUT2D eigenvalue weighted by atomic mass is 79.9. The van der Waals surface area contributed by atoms with E-state index in [0.717, 1.165) is 50.5 Å². The van der Waals surface area contributed by atoms with Gasteiger partial charge in [-0.25, -0.2) is 80.6 Å². The zero-order valence-electron chi connectivity index (χ0n) is 61.9. The first kappa shape index (κ1) is 86.3. The van der Waals surface area contributed by atoms with Gasteiger partial charge in [0.25, 0.3) is 17.7 Å². The summed E-state index contributed by atoms with van der Waals surface area (Å²) in [7, 11) is -8.90. The molecule has 0 radical (unpaired) electrons. The number of nitrogens with zero attached hydrogens (tertiary/aromatic N) is 11. The highest BCUT2D eigenvalue weighted by Gasteiger charge is 2.34. The lowest BCUT2D eigenvalue weighted by atomic mass is 9.89. The summed E-state index contributed by atoms with van der Waals surface area (Å²) in [5, 5.41) is 11.6. The summed E-state index contributed by atoms with van der Waals surface area (Å²) in [6.07, 6.45) is 12.0. The van der Waals surface area contributed by atoms with Crippen LogP contribution in [0.5, 0.6) is 0 Å². The van der Waals surface area contributed by atoms with E-state index >= 15 is 0 Å². The first-order chi connectivity index (χ1) is 53.1. The molecule has 13 N–H and O–H groups in total. The van der Waals surface area contributed by atoms with E-state index in [2.05, 4.69) is 81.4 Å². The minimum Gasteiger partial charge on any atom is -0.464 e. The van der Waals surface area contributed by atoms with Gasteiger partial charge in [-0.15, -0.1) is 5.10 Å². The summed E-state index contributed by atoms with van der Waals surface area (Å²) in [6, 6.07) is 27.3. The molecular formula is C73H84BrN19O15S4. The van der Waals surface area contributed by atoms with Crippen LogP contribution in [0.25, 0.3) is 45.4 Å². The number of aromatic nitrogens is 10. The fourth-order valence-corrected chi connectivity index (χ4v) is 14.6. The average molecular weight is 1680 g/mol. The number of ether oxygens (including phenoxy) is 2. The highest BCUT2D eigenvalue weighted by molar-refractivity contribution is 9.10. The molecule has 11 rings (SSSR count). The molecule has 0 unspecified atom stereocenters. The van der Waals surface area contributed by atoms with Gasteiger partial charge in [-0.1, -0.05) is 103 Å². The second-order valence-electron chi connectivity index (χ2n) is 26.1. The minimum atomic E-state index is -3.44. The Balaban J connectivity index is 0.000000203. The third-order valence-corrected chi connectivity index (χ3v) is 24.6. The lowest BCUT2D eigenvalue weighted by Crippen LogP contribution is -2.48. The number of nitrogens with two attached hydrogens (primary N) is 5. The van der Waals surface area contributed by atoms with Gasteiger partial charge in [-0.2, -0.15) is 0 Å². The van der Waals surface area contributed by atoms with Crippen LogP contribution in [-0.4, -0.2) is 163 Å². The number of benzene rings is 4. The summed E-state index contributed by atoms with van der Waals surface area (Å²) in [5.41, 5.74) is 28.6. The molecule has 1 aliphatic carbocycles. The molecule has 39 heteroatoms. The number of ketones is 1. The van der Waals surface area contributed by atoms with Gasteiger partial charge in [0, 0.05) is 47.0 Å². The van der Waals surface area contributed by atoms with Gasteiger partial charge >= 0.3 is 18.1 Å². The Morgan fingerprint density at radius 2 is 1.04 bits per heavy atom. The second kappa shape index (κ2) is 39.1. The second-order valence-corrected chi connectivity index (χ2v) is 35.0. The predicted molar refractivity (Wildman–Crippen MR) is 424 cm³/mol. The van der Waals surface area contributed by atoms with Gasteiger partial charge in [0.15, 0.2) is 81.3 Å². The molecule has 1 aliphatic heterocycles. The van der Waals surface area contributed by atoms with E-state index in [4.69, 9.17) is 50.1 Å². The number of amides is 4. The summed E-state index contributed by atoms with van der Waals surface area (Å²) < 4.78 is 89.6. The van der Waals surface area contributed by atoms with Crippen molar-refractivity contribution in [2.24, 2.45) is 11.8 Å². The van der Waals surface area contributed by atoms with E-state index in [0.29, 0.717) is 51.3 Å². The van der Waals surface area contributed by atoms with Crippen LogP contribution in [0.3, 0.4) is 0 Å². The number of carbonyl (C=O) groups excluding carboxylic acids is 6. The van der Waals surface area contributed by atoms with Crippen molar-refractivity contribution in [1.82, 2.24) is 65.7 Å². The Labute approximate surface area is 660 Å². The van der Waals surface area contributed by atoms with Gasteiger partial charge < -0.3 is 42.1 Å². The monoisotopic (exact) mass is 1670 g/mol. The number of hydrogen-bond donors (Lipinski definition) is 8. The van der Waals surface area contributed by atoms with Crippen molar-refractivity contribution >= 4 is 127 Å². The smallest absolute Gasteiger partial charge is 0.410 e. The SMILES string of the molecule is CC(C)S(=O)(=O)c1ccc(-c2cnc(N)c(-c3nnc(NC(=O)C4CCCCC4)o3)n2)cc1.CC(C)S(=O)(=O)c1ccc(-c2cnc(N)c(C(=O)NCC(=S)CC(=O)[C@@H]3CCCCN3C(=O)OCc3ccccc3)n2)cc1.CC(C)S(=O)(=O)c1ccc(-c2cnc(N)c(C(=O)NN)n2)cc1.COC(=O)c1nc(Br)cnc1N. The number of likely N-dealkylation sites (tertiary alicyclic amines) is 1. The average Bonchev–Trinajstić information content (AvgIpc) is 0.855. The zero-order valence-corrected chi connectivity index (χ0v) is 66.8. The molecule has 112 heavy (non-hydrogen) atoms. The number of sulfone groups is 3. The normalized spacial score (nSPS) is 13.7. The molecule has 4 amide bonds. The van der Waals surface area contributed by atoms with Crippen molar-refractivity contribution in [1.29, 1.82) is 0 Å². The fraction of sp³-hybridized carbons (Fsp3) is 0.329. The third kappa shape index (κ3) is 22.5. The van der Waals surface area contributed by atoms with Crippen molar-refractivity contribution in [3.63, 3.8) is 0 Å².